The van der Waals surface area contributed by atoms with Gasteiger partial charge in [0.1, 0.15) is 5.82 Å². The highest BCUT2D eigenvalue weighted by Crippen LogP contribution is 2.32. The van der Waals surface area contributed by atoms with E-state index in [4.69, 9.17) is 5.11 Å². The van der Waals surface area contributed by atoms with Crippen LogP contribution in [0.5, 0.6) is 0 Å². The molecule has 0 amide bonds. The second kappa shape index (κ2) is 4.93. The zero-order valence-corrected chi connectivity index (χ0v) is 12.0. The molecule has 0 aliphatic heterocycles. The third-order valence-electron chi connectivity index (χ3n) is 4.43. The SMILES string of the molecule is Cc1nc2ccc(C(=O)O)cc2n1CC1CCC(C)C1. The van der Waals surface area contributed by atoms with Gasteiger partial charge in [0.25, 0.3) is 0 Å². The van der Waals surface area contributed by atoms with Crippen molar-refractivity contribution in [2.45, 2.75) is 39.7 Å². The van der Waals surface area contributed by atoms with Crippen molar-refractivity contribution in [1.82, 2.24) is 9.55 Å². The molecule has 0 bridgehead atoms. The number of carboxylic acid groups (broad SMARTS) is 1. The Morgan fingerprint density at radius 1 is 1.45 bits per heavy atom. The average Bonchev–Trinajstić information content (AvgIpc) is 2.94. The van der Waals surface area contributed by atoms with Crippen LogP contribution in [-0.4, -0.2) is 20.6 Å². The molecule has 2 atom stereocenters. The summed E-state index contributed by atoms with van der Waals surface area (Å²) in [6.07, 6.45) is 3.83. The second-order valence-electron chi connectivity index (χ2n) is 6.06. The Labute approximate surface area is 118 Å². The number of carbonyl (C=O) groups is 1. The molecule has 1 aliphatic carbocycles. The average molecular weight is 272 g/mol. The van der Waals surface area contributed by atoms with Crippen LogP contribution in [0.25, 0.3) is 11.0 Å². The number of aromatic carboxylic acids is 1. The molecule has 4 nitrogen and oxygen atoms in total. The minimum absolute atomic E-state index is 0.332. The van der Waals surface area contributed by atoms with Gasteiger partial charge in [0.05, 0.1) is 16.6 Å². The summed E-state index contributed by atoms with van der Waals surface area (Å²) in [5.74, 6) is 1.59. The largest absolute Gasteiger partial charge is 0.478 e. The van der Waals surface area contributed by atoms with E-state index in [1.807, 2.05) is 6.92 Å². The Kier molecular flexibility index (Phi) is 3.24. The lowest BCUT2D eigenvalue weighted by molar-refractivity contribution is 0.0697. The summed E-state index contributed by atoms with van der Waals surface area (Å²) in [7, 11) is 0. The standard InChI is InChI=1S/C16H20N2O2/c1-10-3-4-12(7-10)9-18-11(2)17-14-6-5-13(16(19)20)8-15(14)18/h5-6,8,10,12H,3-4,7,9H2,1-2H3,(H,19,20). The molecule has 1 saturated carbocycles. The van der Waals surface area contributed by atoms with Crippen molar-refractivity contribution < 1.29 is 9.90 Å². The van der Waals surface area contributed by atoms with E-state index in [9.17, 15) is 4.79 Å². The molecule has 0 spiro atoms. The number of aryl methyl sites for hydroxylation is 1. The number of fused-ring (bicyclic) bond motifs is 1. The van der Waals surface area contributed by atoms with Gasteiger partial charge in [-0.1, -0.05) is 13.3 Å². The van der Waals surface area contributed by atoms with Crippen LogP contribution in [0.1, 0.15) is 42.4 Å². The normalized spacial score (nSPS) is 22.5. The lowest BCUT2D eigenvalue weighted by Crippen LogP contribution is -2.09. The zero-order valence-electron chi connectivity index (χ0n) is 12.0. The van der Waals surface area contributed by atoms with E-state index in [1.54, 1.807) is 18.2 Å². The number of carboxylic acids is 1. The molecule has 1 heterocycles. The molecule has 1 aromatic carbocycles. The highest BCUT2D eigenvalue weighted by atomic mass is 16.4. The van der Waals surface area contributed by atoms with Crippen molar-refractivity contribution in [2.24, 2.45) is 11.8 Å². The Morgan fingerprint density at radius 2 is 2.25 bits per heavy atom. The van der Waals surface area contributed by atoms with Crippen molar-refractivity contribution in [3.63, 3.8) is 0 Å². The lowest BCUT2D eigenvalue weighted by Gasteiger charge is -2.13. The van der Waals surface area contributed by atoms with Gasteiger partial charge in [-0.05, 0) is 49.8 Å². The van der Waals surface area contributed by atoms with E-state index >= 15 is 0 Å². The van der Waals surface area contributed by atoms with E-state index < -0.39 is 5.97 Å². The van der Waals surface area contributed by atoms with E-state index in [0.717, 1.165) is 29.3 Å². The fraction of sp³-hybridized carbons (Fsp3) is 0.500. The molecule has 0 saturated heterocycles. The first-order valence-corrected chi connectivity index (χ1v) is 7.25. The van der Waals surface area contributed by atoms with Crippen LogP contribution in [0.3, 0.4) is 0 Å². The predicted octanol–water partition coefficient (Wildman–Crippen LogP) is 3.48. The number of benzene rings is 1. The van der Waals surface area contributed by atoms with Crippen LogP contribution in [-0.2, 0) is 6.54 Å². The van der Waals surface area contributed by atoms with Gasteiger partial charge in [0.15, 0.2) is 0 Å². The van der Waals surface area contributed by atoms with Gasteiger partial charge in [-0.3, -0.25) is 0 Å². The number of hydrogen-bond acceptors (Lipinski definition) is 2. The van der Waals surface area contributed by atoms with Gasteiger partial charge in [-0.15, -0.1) is 0 Å². The Hall–Kier alpha value is -1.84. The molecule has 106 valence electrons. The number of rotatable bonds is 3. The fourth-order valence-corrected chi connectivity index (χ4v) is 3.36. The monoisotopic (exact) mass is 272 g/mol. The van der Waals surface area contributed by atoms with Crippen LogP contribution in [0.2, 0.25) is 0 Å². The van der Waals surface area contributed by atoms with E-state index in [1.165, 1.54) is 19.3 Å². The summed E-state index contributed by atoms with van der Waals surface area (Å²) < 4.78 is 2.18. The van der Waals surface area contributed by atoms with Crippen LogP contribution in [0, 0.1) is 18.8 Å². The number of imidazole rings is 1. The van der Waals surface area contributed by atoms with Crippen LogP contribution in [0.15, 0.2) is 18.2 Å². The fourth-order valence-electron chi connectivity index (χ4n) is 3.36. The van der Waals surface area contributed by atoms with Crippen LogP contribution in [0.4, 0.5) is 0 Å². The summed E-state index contributed by atoms with van der Waals surface area (Å²) >= 11 is 0. The van der Waals surface area contributed by atoms with E-state index in [0.29, 0.717) is 11.5 Å². The van der Waals surface area contributed by atoms with Crippen molar-refractivity contribution in [3.05, 3.63) is 29.6 Å². The highest BCUT2D eigenvalue weighted by Gasteiger charge is 2.23. The summed E-state index contributed by atoms with van der Waals surface area (Å²) in [6, 6.07) is 5.18. The molecule has 20 heavy (non-hydrogen) atoms. The molecule has 1 fully saturated rings. The molecule has 4 heteroatoms. The van der Waals surface area contributed by atoms with Crippen LogP contribution < -0.4 is 0 Å². The number of aromatic nitrogens is 2. The van der Waals surface area contributed by atoms with Gasteiger partial charge in [-0.25, -0.2) is 9.78 Å². The molecule has 2 aromatic rings. The van der Waals surface area contributed by atoms with Gasteiger partial charge in [0.2, 0.25) is 0 Å². The maximum absolute atomic E-state index is 11.1. The minimum Gasteiger partial charge on any atom is -0.478 e. The van der Waals surface area contributed by atoms with Crippen molar-refractivity contribution in [3.8, 4) is 0 Å². The molecule has 3 rings (SSSR count). The molecule has 1 aromatic heterocycles. The second-order valence-corrected chi connectivity index (χ2v) is 6.06. The van der Waals surface area contributed by atoms with Crippen molar-refractivity contribution in [1.29, 1.82) is 0 Å². The molecule has 1 aliphatic rings. The van der Waals surface area contributed by atoms with Gasteiger partial charge in [0, 0.05) is 6.54 Å². The summed E-state index contributed by atoms with van der Waals surface area (Å²) in [5.41, 5.74) is 2.17. The smallest absolute Gasteiger partial charge is 0.335 e. The first-order valence-electron chi connectivity index (χ1n) is 7.25. The van der Waals surface area contributed by atoms with E-state index in [-0.39, 0.29) is 0 Å². The first-order chi connectivity index (χ1) is 9.54. The van der Waals surface area contributed by atoms with Crippen molar-refractivity contribution in [2.75, 3.05) is 0 Å². The summed E-state index contributed by atoms with van der Waals surface area (Å²) in [5, 5.41) is 9.13. The predicted molar refractivity (Wildman–Crippen MR) is 77.9 cm³/mol. The first kappa shape index (κ1) is 13.2. The van der Waals surface area contributed by atoms with Crippen LogP contribution >= 0.6 is 0 Å². The van der Waals surface area contributed by atoms with E-state index in [2.05, 4.69) is 16.5 Å². The summed E-state index contributed by atoms with van der Waals surface area (Å²) in [4.78, 5) is 15.7. The molecular formula is C16H20N2O2. The van der Waals surface area contributed by atoms with Crippen molar-refractivity contribution >= 4 is 17.0 Å². The Bertz CT molecular complexity index is 660. The maximum atomic E-state index is 11.1. The Morgan fingerprint density at radius 3 is 2.90 bits per heavy atom. The Balaban J connectivity index is 1.98. The molecular weight excluding hydrogens is 252 g/mol. The van der Waals surface area contributed by atoms with Gasteiger partial charge >= 0.3 is 5.97 Å². The quantitative estimate of drug-likeness (QED) is 0.930. The third-order valence-corrected chi connectivity index (χ3v) is 4.43. The zero-order chi connectivity index (χ0) is 14.3. The molecule has 2 unspecified atom stereocenters. The highest BCUT2D eigenvalue weighted by molar-refractivity contribution is 5.92. The summed E-state index contributed by atoms with van der Waals surface area (Å²) in [6.45, 7) is 5.26. The lowest BCUT2D eigenvalue weighted by atomic mass is 10.1. The molecule has 1 N–H and O–H groups in total. The van der Waals surface area contributed by atoms with Gasteiger partial charge in [-0.2, -0.15) is 0 Å². The minimum atomic E-state index is -0.883. The maximum Gasteiger partial charge on any atom is 0.335 e. The van der Waals surface area contributed by atoms with Gasteiger partial charge < -0.3 is 9.67 Å². The number of hydrogen-bond donors (Lipinski definition) is 1. The number of nitrogens with zero attached hydrogens (tertiary/aromatic N) is 2. The topological polar surface area (TPSA) is 55.1 Å². The third kappa shape index (κ3) is 2.30. The molecule has 0 radical (unpaired) electrons.